The maximum Gasteiger partial charge on any atom is 0.139 e. The highest BCUT2D eigenvalue weighted by atomic mass is 79.9. The van der Waals surface area contributed by atoms with Crippen LogP contribution in [-0.2, 0) is 0 Å². The van der Waals surface area contributed by atoms with E-state index < -0.39 is 0 Å². The van der Waals surface area contributed by atoms with Crippen LogP contribution in [0.5, 0.6) is 0 Å². The number of nitrogens with two attached hydrogens (primary N) is 1. The lowest BCUT2D eigenvalue weighted by Gasteiger charge is -2.22. The lowest BCUT2D eigenvalue weighted by Crippen LogP contribution is -2.19. The number of rotatable bonds is 3. The molecule has 17 heavy (non-hydrogen) atoms. The summed E-state index contributed by atoms with van der Waals surface area (Å²) in [5.74, 6) is 2.88. The fourth-order valence-corrected chi connectivity index (χ4v) is 3.47. The Balaban J connectivity index is 1.96. The van der Waals surface area contributed by atoms with E-state index in [0.29, 0.717) is 16.1 Å². The van der Waals surface area contributed by atoms with Crippen molar-refractivity contribution in [2.75, 3.05) is 29.1 Å². The summed E-state index contributed by atoms with van der Waals surface area (Å²) in [6.07, 6.45) is 2.50. The van der Waals surface area contributed by atoms with Crippen molar-refractivity contribution in [3.63, 3.8) is 0 Å². The van der Waals surface area contributed by atoms with Crippen molar-refractivity contribution in [3.8, 4) is 0 Å². The lowest BCUT2D eigenvalue weighted by atomic mass is 10.0. The van der Waals surface area contributed by atoms with E-state index in [0.717, 1.165) is 12.2 Å². The van der Waals surface area contributed by atoms with Crippen LogP contribution in [0.25, 0.3) is 0 Å². The van der Waals surface area contributed by atoms with Crippen LogP contribution in [0.4, 0.5) is 15.8 Å². The summed E-state index contributed by atoms with van der Waals surface area (Å²) in [5.41, 5.74) is 7.06. The van der Waals surface area contributed by atoms with E-state index in [4.69, 9.17) is 5.73 Å². The molecule has 1 aromatic rings. The molecule has 0 amide bonds. The number of benzene rings is 1. The predicted octanol–water partition coefficient (Wildman–Crippen LogP) is 3.73. The monoisotopic (exact) mass is 318 g/mol. The molecule has 2 rings (SSSR count). The molecule has 5 heteroatoms. The molecule has 1 saturated heterocycles. The fraction of sp³-hybridized carbons (Fsp3) is 0.500. The first-order valence-electron chi connectivity index (χ1n) is 5.73. The Morgan fingerprint density at radius 2 is 2.12 bits per heavy atom. The van der Waals surface area contributed by atoms with E-state index >= 15 is 0 Å². The zero-order valence-electron chi connectivity index (χ0n) is 9.51. The molecule has 0 spiro atoms. The maximum atomic E-state index is 13.2. The van der Waals surface area contributed by atoms with Gasteiger partial charge in [-0.1, -0.05) is 0 Å². The predicted molar refractivity (Wildman–Crippen MR) is 77.1 cm³/mol. The van der Waals surface area contributed by atoms with Crippen molar-refractivity contribution in [2.45, 2.75) is 12.8 Å². The molecule has 94 valence electrons. The molecule has 1 aromatic carbocycles. The third-order valence-electron chi connectivity index (χ3n) is 3.01. The van der Waals surface area contributed by atoms with Crippen LogP contribution in [0, 0.1) is 11.7 Å². The van der Waals surface area contributed by atoms with Gasteiger partial charge in [0.25, 0.3) is 0 Å². The average molecular weight is 319 g/mol. The van der Waals surface area contributed by atoms with Gasteiger partial charge >= 0.3 is 0 Å². The number of hydrogen-bond acceptors (Lipinski definition) is 3. The van der Waals surface area contributed by atoms with Crippen molar-refractivity contribution in [1.82, 2.24) is 0 Å². The minimum atomic E-state index is -0.317. The Labute approximate surface area is 114 Å². The van der Waals surface area contributed by atoms with Gasteiger partial charge in [-0.3, -0.25) is 0 Å². The minimum absolute atomic E-state index is 0.317. The first kappa shape index (κ1) is 13.0. The topological polar surface area (TPSA) is 38.0 Å². The second-order valence-corrected chi connectivity index (χ2v) is 6.37. The molecule has 0 aromatic heterocycles. The first-order valence-corrected chi connectivity index (χ1v) is 7.67. The van der Waals surface area contributed by atoms with Crippen LogP contribution in [0.2, 0.25) is 0 Å². The second kappa shape index (κ2) is 5.96. The smallest absolute Gasteiger partial charge is 0.139 e. The summed E-state index contributed by atoms with van der Waals surface area (Å²) in [6, 6.07) is 3.06. The van der Waals surface area contributed by atoms with E-state index in [9.17, 15) is 4.39 Å². The molecular weight excluding hydrogens is 303 g/mol. The highest BCUT2D eigenvalue weighted by molar-refractivity contribution is 9.10. The van der Waals surface area contributed by atoms with Gasteiger partial charge < -0.3 is 11.1 Å². The molecule has 0 bridgehead atoms. The molecule has 0 atom stereocenters. The number of nitrogen functional groups attached to an aromatic ring is 1. The maximum absolute atomic E-state index is 13.2. The van der Waals surface area contributed by atoms with Gasteiger partial charge in [0, 0.05) is 12.6 Å². The van der Waals surface area contributed by atoms with Gasteiger partial charge in [0.2, 0.25) is 0 Å². The fourth-order valence-electron chi connectivity index (χ4n) is 1.92. The quantitative estimate of drug-likeness (QED) is 0.834. The van der Waals surface area contributed by atoms with Gasteiger partial charge in [-0.15, -0.1) is 0 Å². The summed E-state index contributed by atoms with van der Waals surface area (Å²) < 4.78 is 13.6. The number of hydrogen-bond donors (Lipinski definition) is 2. The average Bonchev–Trinajstić information content (AvgIpc) is 2.33. The Bertz CT molecular complexity index is 394. The molecule has 1 aliphatic heterocycles. The highest BCUT2D eigenvalue weighted by Crippen LogP contribution is 2.28. The van der Waals surface area contributed by atoms with Crippen LogP contribution >= 0.6 is 27.7 Å². The van der Waals surface area contributed by atoms with Crippen molar-refractivity contribution >= 4 is 39.1 Å². The summed E-state index contributed by atoms with van der Waals surface area (Å²) in [7, 11) is 0. The summed E-state index contributed by atoms with van der Waals surface area (Å²) >= 11 is 5.19. The van der Waals surface area contributed by atoms with Gasteiger partial charge in [-0.25, -0.2) is 4.39 Å². The van der Waals surface area contributed by atoms with E-state index in [1.54, 1.807) is 6.07 Å². The number of thioether (sulfide) groups is 1. The van der Waals surface area contributed by atoms with Crippen LogP contribution in [0.15, 0.2) is 16.6 Å². The van der Waals surface area contributed by atoms with E-state index in [2.05, 4.69) is 21.2 Å². The van der Waals surface area contributed by atoms with Crippen LogP contribution in [0.3, 0.4) is 0 Å². The number of halogens is 2. The molecule has 2 nitrogen and oxygen atoms in total. The van der Waals surface area contributed by atoms with E-state index in [1.165, 1.54) is 30.4 Å². The highest BCUT2D eigenvalue weighted by Gasteiger charge is 2.14. The van der Waals surface area contributed by atoms with E-state index in [-0.39, 0.29) is 5.82 Å². The molecule has 0 unspecified atom stereocenters. The molecule has 1 aliphatic rings. The van der Waals surface area contributed by atoms with Gasteiger partial charge in [0.05, 0.1) is 15.8 Å². The van der Waals surface area contributed by atoms with E-state index in [1.807, 2.05) is 11.8 Å². The largest absolute Gasteiger partial charge is 0.397 e. The van der Waals surface area contributed by atoms with Crippen molar-refractivity contribution in [2.24, 2.45) is 5.92 Å². The minimum Gasteiger partial charge on any atom is -0.397 e. The molecule has 0 saturated carbocycles. The Kier molecular flexibility index (Phi) is 4.56. The zero-order chi connectivity index (χ0) is 12.3. The Morgan fingerprint density at radius 1 is 1.41 bits per heavy atom. The molecule has 3 N–H and O–H groups in total. The second-order valence-electron chi connectivity index (χ2n) is 4.29. The third-order valence-corrected chi connectivity index (χ3v) is 4.67. The van der Waals surface area contributed by atoms with Crippen LogP contribution in [0.1, 0.15) is 12.8 Å². The van der Waals surface area contributed by atoms with Crippen LogP contribution in [-0.4, -0.2) is 18.1 Å². The Morgan fingerprint density at radius 3 is 2.82 bits per heavy atom. The lowest BCUT2D eigenvalue weighted by molar-refractivity contribution is 0.516. The molecular formula is C12H16BrFN2S. The zero-order valence-corrected chi connectivity index (χ0v) is 11.9. The van der Waals surface area contributed by atoms with Gasteiger partial charge in [0.1, 0.15) is 5.82 Å². The first-order chi connectivity index (χ1) is 8.16. The van der Waals surface area contributed by atoms with Crippen molar-refractivity contribution in [3.05, 3.63) is 22.4 Å². The molecule has 0 radical (unpaired) electrons. The van der Waals surface area contributed by atoms with Crippen molar-refractivity contribution < 1.29 is 4.39 Å². The Hall–Kier alpha value is -0.420. The van der Waals surface area contributed by atoms with Gasteiger partial charge in [-0.2, -0.15) is 11.8 Å². The normalized spacial score (nSPS) is 17.1. The van der Waals surface area contributed by atoms with Gasteiger partial charge in [0.15, 0.2) is 0 Å². The SMILES string of the molecule is Nc1cc(F)c(Br)cc1NCC1CCSCC1. The molecule has 0 aliphatic carbocycles. The summed E-state index contributed by atoms with van der Waals surface area (Å²) in [6.45, 7) is 0.919. The summed E-state index contributed by atoms with van der Waals surface area (Å²) in [4.78, 5) is 0. The van der Waals surface area contributed by atoms with Crippen molar-refractivity contribution in [1.29, 1.82) is 0 Å². The van der Waals surface area contributed by atoms with Gasteiger partial charge in [-0.05, 0) is 52.3 Å². The summed E-state index contributed by atoms with van der Waals surface area (Å²) in [5, 5.41) is 3.32. The number of nitrogens with one attached hydrogen (secondary N) is 1. The molecule has 1 fully saturated rings. The molecule has 1 heterocycles. The third kappa shape index (κ3) is 3.52. The van der Waals surface area contributed by atoms with Crippen LogP contribution < -0.4 is 11.1 Å². The standard InChI is InChI=1S/C12H16BrFN2S/c13-9-5-12(11(15)6-10(9)14)16-7-8-1-3-17-4-2-8/h5-6,8,16H,1-4,7,15H2. The number of anilines is 2.